The van der Waals surface area contributed by atoms with Crippen molar-refractivity contribution in [2.45, 2.75) is 50.5 Å². The Balaban J connectivity index is 0.797. The summed E-state index contributed by atoms with van der Waals surface area (Å²) in [6, 6.07) is 12.7. The molecular formula is C36H41N7O9. The fourth-order valence-corrected chi connectivity index (χ4v) is 6.11. The molecule has 3 aliphatic rings. The van der Waals surface area contributed by atoms with Crippen LogP contribution in [0.3, 0.4) is 0 Å². The number of hydrogen-bond acceptors (Lipinski definition) is 11. The molecule has 0 spiro atoms. The molecule has 1 saturated heterocycles. The summed E-state index contributed by atoms with van der Waals surface area (Å²) >= 11 is 0. The van der Waals surface area contributed by atoms with Gasteiger partial charge in [0.05, 0.1) is 44.0 Å². The van der Waals surface area contributed by atoms with Crippen LogP contribution in [0.5, 0.6) is 5.75 Å². The Morgan fingerprint density at radius 2 is 1.65 bits per heavy atom. The summed E-state index contributed by atoms with van der Waals surface area (Å²) in [6.07, 6.45) is 3.84. The molecule has 1 atom stereocenters. The molecule has 1 unspecified atom stereocenters. The molecule has 5 N–H and O–H groups in total. The van der Waals surface area contributed by atoms with E-state index in [9.17, 15) is 28.8 Å². The predicted octanol–water partition coefficient (Wildman–Crippen LogP) is 1.90. The number of benzene rings is 2. The number of nitrogens with one attached hydrogen (secondary N) is 5. The van der Waals surface area contributed by atoms with Gasteiger partial charge >= 0.3 is 0 Å². The number of hydrogen-bond donors (Lipinski definition) is 5. The number of anilines is 2. The van der Waals surface area contributed by atoms with Gasteiger partial charge in [0.1, 0.15) is 11.8 Å². The molecule has 1 saturated carbocycles. The average Bonchev–Trinajstić information content (AvgIpc) is 3.65. The SMILES string of the molecule is O=C(COc1ccc(CC(=O)Nc2cc(C3CCC3)[nH]n2)cc1)NCCOCCOCCNc1cccc2c1C(=O)N(C1CCC(=O)NC1=O)C2=O. The number of aromatic nitrogens is 2. The molecule has 2 fully saturated rings. The van der Waals surface area contributed by atoms with E-state index in [1.165, 1.54) is 12.5 Å². The van der Waals surface area contributed by atoms with Crippen LogP contribution in [0.4, 0.5) is 11.5 Å². The summed E-state index contributed by atoms with van der Waals surface area (Å²) in [5, 5.41) is 18.0. The number of H-pyrrole nitrogens is 1. The van der Waals surface area contributed by atoms with Gasteiger partial charge in [-0.15, -0.1) is 0 Å². The number of rotatable bonds is 18. The molecular weight excluding hydrogens is 674 g/mol. The van der Waals surface area contributed by atoms with Gasteiger partial charge in [-0.1, -0.05) is 24.6 Å². The lowest BCUT2D eigenvalue weighted by molar-refractivity contribution is -0.136. The Labute approximate surface area is 299 Å². The molecule has 16 heteroatoms. The van der Waals surface area contributed by atoms with Crippen molar-refractivity contribution in [3.05, 3.63) is 70.9 Å². The number of imide groups is 2. The summed E-state index contributed by atoms with van der Waals surface area (Å²) < 4.78 is 16.6. The van der Waals surface area contributed by atoms with Crippen LogP contribution in [0.15, 0.2) is 48.5 Å². The van der Waals surface area contributed by atoms with E-state index in [0.717, 1.165) is 29.0 Å². The Kier molecular flexibility index (Phi) is 11.9. The highest BCUT2D eigenvalue weighted by Gasteiger charge is 2.45. The van der Waals surface area contributed by atoms with Gasteiger partial charge in [0.2, 0.25) is 17.7 Å². The molecule has 3 heterocycles. The molecule has 6 amide bonds. The van der Waals surface area contributed by atoms with E-state index in [1.54, 1.807) is 36.4 Å². The molecule has 52 heavy (non-hydrogen) atoms. The molecule has 0 bridgehead atoms. The summed E-state index contributed by atoms with van der Waals surface area (Å²) in [6.45, 7) is 1.64. The third-order valence-corrected chi connectivity index (χ3v) is 9.04. The smallest absolute Gasteiger partial charge is 0.264 e. The van der Waals surface area contributed by atoms with Crippen molar-refractivity contribution in [2.24, 2.45) is 0 Å². The Hall–Kier alpha value is -5.61. The molecule has 1 aromatic heterocycles. The second-order valence-electron chi connectivity index (χ2n) is 12.7. The number of carbonyl (C=O) groups is 6. The van der Waals surface area contributed by atoms with Crippen LogP contribution in [-0.2, 0) is 35.1 Å². The van der Waals surface area contributed by atoms with Crippen molar-refractivity contribution >= 4 is 46.9 Å². The van der Waals surface area contributed by atoms with Gasteiger partial charge in [0.15, 0.2) is 12.4 Å². The first-order valence-corrected chi connectivity index (χ1v) is 17.3. The van der Waals surface area contributed by atoms with Gasteiger partial charge in [-0.3, -0.25) is 44.1 Å². The molecule has 274 valence electrons. The first kappa shape index (κ1) is 36.2. The molecule has 16 nitrogen and oxygen atoms in total. The van der Waals surface area contributed by atoms with Gasteiger partial charge < -0.3 is 30.2 Å². The van der Waals surface area contributed by atoms with E-state index in [2.05, 4.69) is 31.5 Å². The van der Waals surface area contributed by atoms with Crippen molar-refractivity contribution in [1.82, 2.24) is 25.7 Å². The van der Waals surface area contributed by atoms with Crippen molar-refractivity contribution in [1.29, 1.82) is 0 Å². The molecule has 1 aliphatic carbocycles. The lowest BCUT2D eigenvalue weighted by Crippen LogP contribution is -2.54. The summed E-state index contributed by atoms with van der Waals surface area (Å²) in [4.78, 5) is 75.5. The minimum absolute atomic E-state index is 0.0515. The third-order valence-electron chi connectivity index (χ3n) is 9.04. The normalized spacial score (nSPS) is 17.0. The predicted molar refractivity (Wildman–Crippen MR) is 186 cm³/mol. The molecule has 0 radical (unpaired) electrons. The number of aromatic amines is 1. The van der Waals surface area contributed by atoms with Crippen LogP contribution in [0.25, 0.3) is 0 Å². The number of ether oxygens (including phenoxy) is 3. The van der Waals surface area contributed by atoms with Crippen LogP contribution in [0.2, 0.25) is 0 Å². The fraction of sp³-hybridized carbons (Fsp3) is 0.417. The second kappa shape index (κ2) is 17.1. The minimum Gasteiger partial charge on any atom is -0.484 e. The Morgan fingerprint density at radius 1 is 0.885 bits per heavy atom. The van der Waals surface area contributed by atoms with E-state index in [0.29, 0.717) is 49.5 Å². The molecule has 6 rings (SSSR count). The monoisotopic (exact) mass is 715 g/mol. The van der Waals surface area contributed by atoms with Gasteiger partial charge in [-0.2, -0.15) is 5.10 Å². The van der Waals surface area contributed by atoms with Gasteiger partial charge in [0.25, 0.3) is 17.7 Å². The Bertz CT molecular complexity index is 1810. The highest BCUT2D eigenvalue weighted by molar-refractivity contribution is 6.25. The fourth-order valence-electron chi connectivity index (χ4n) is 6.11. The first-order valence-electron chi connectivity index (χ1n) is 17.3. The number of fused-ring (bicyclic) bond motifs is 1. The maximum absolute atomic E-state index is 13.2. The number of carbonyl (C=O) groups excluding carboxylic acids is 6. The quantitative estimate of drug-likeness (QED) is 0.0949. The highest BCUT2D eigenvalue weighted by Crippen LogP contribution is 2.36. The largest absolute Gasteiger partial charge is 0.484 e. The second-order valence-corrected chi connectivity index (χ2v) is 12.7. The number of nitrogens with zero attached hydrogens (tertiary/aromatic N) is 2. The average molecular weight is 716 g/mol. The van der Waals surface area contributed by atoms with E-state index >= 15 is 0 Å². The summed E-state index contributed by atoms with van der Waals surface area (Å²) in [5.74, 6) is -1.17. The Morgan fingerprint density at radius 3 is 2.38 bits per heavy atom. The van der Waals surface area contributed by atoms with Crippen LogP contribution >= 0.6 is 0 Å². The number of amides is 6. The van der Waals surface area contributed by atoms with E-state index in [1.807, 2.05) is 6.07 Å². The molecule has 2 aliphatic heterocycles. The zero-order chi connectivity index (χ0) is 36.5. The molecule has 3 aromatic rings. The summed E-state index contributed by atoms with van der Waals surface area (Å²) in [7, 11) is 0. The van der Waals surface area contributed by atoms with Gasteiger partial charge in [-0.25, -0.2) is 0 Å². The van der Waals surface area contributed by atoms with E-state index < -0.39 is 29.7 Å². The van der Waals surface area contributed by atoms with E-state index in [4.69, 9.17) is 14.2 Å². The lowest BCUT2D eigenvalue weighted by atomic mass is 9.83. The summed E-state index contributed by atoms with van der Waals surface area (Å²) in [5.41, 5.74) is 2.70. The lowest BCUT2D eigenvalue weighted by Gasteiger charge is -2.27. The number of piperidine rings is 1. The zero-order valence-corrected chi connectivity index (χ0v) is 28.5. The van der Waals surface area contributed by atoms with Gasteiger partial charge in [-0.05, 0) is 49.1 Å². The molecule has 2 aromatic carbocycles. The maximum atomic E-state index is 13.2. The maximum Gasteiger partial charge on any atom is 0.264 e. The van der Waals surface area contributed by atoms with Crippen LogP contribution < -0.4 is 26.0 Å². The van der Waals surface area contributed by atoms with Crippen molar-refractivity contribution in [3.63, 3.8) is 0 Å². The topological polar surface area (TPSA) is 210 Å². The third kappa shape index (κ3) is 8.99. The van der Waals surface area contributed by atoms with Crippen LogP contribution in [0, 0.1) is 0 Å². The van der Waals surface area contributed by atoms with Crippen molar-refractivity contribution < 1.29 is 43.0 Å². The van der Waals surface area contributed by atoms with E-state index in [-0.39, 0.29) is 62.0 Å². The minimum atomic E-state index is -1.03. The van der Waals surface area contributed by atoms with Crippen molar-refractivity contribution in [2.75, 3.05) is 56.8 Å². The standard InChI is InChI=1S/C36H41N7O9/c44-30-12-11-28(34(47)40-30)43-35(48)25-5-2-6-26(33(25)36(43)49)37-13-15-50-17-18-51-16-14-38-32(46)21-52-24-9-7-22(8-10-24)19-31(45)39-29-20-27(41-42-29)23-3-1-4-23/h2,5-10,20,23,28,37H,1,3-4,11-19,21H2,(H,38,46)(H,40,44,47)(H2,39,41,42,45). The first-order chi connectivity index (χ1) is 25.3. The van der Waals surface area contributed by atoms with Crippen LogP contribution in [-0.4, -0.2) is 103 Å². The zero-order valence-electron chi connectivity index (χ0n) is 28.5. The van der Waals surface area contributed by atoms with Crippen LogP contribution in [0.1, 0.15) is 70.0 Å². The van der Waals surface area contributed by atoms with Crippen molar-refractivity contribution in [3.8, 4) is 5.75 Å². The highest BCUT2D eigenvalue weighted by atomic mass is 16.5. The van der Waals surface area contributed by atoms with Gasteiger partial charge in [0, 0.05) is 42.9 Å².